The van der Waals surface area contributed by atoms with E-state index in [4.69, 9.17) is 0 Å². The van der Waals surface area contributed by atoms with Crippen molar-refractivity contribution >= 4 is 15.9 Å². The maximum absolute atomic E-state index is 12.1. The number of carbonyl (C=O) groups excluding carboxylic acids is 1. The van der Waals surface area contributed by atoms with Crippen LogP contribution in [0.1, 0.15) is 28.2 Å². The van der Waals surface area contributed by atoms with Crippen molar-refractivity contribution in [3.63, 3.8) is 0 Å². The van der Waals surface area contributed by atoms with Crippen molar-refractivity contribution in [3.05, 3.63) is 47.3 Å². The molecule has 0 saturated heterocycles. The summed E-state index contributed by atoms with van der Waals surface area (Å²) >= 11 is 0. The zero-order valence-corrected chi connectivity index (χ0v) is 12.4. The highest BCUT2D eigenvalue weighted by Gasteiger charge is 2.27. The molecular formula is C14H15N3O3S. The second-order valence-corrected chi connectivity index (χ2v) is 6.83. The lowest BCUT2D eigenvalue weighted by Gasteiger charge is -2.04. The zero-order valence-electron chi connectivity index (χ0n) is 11.5. The molecule has 1 aromatic heterocycles. The zero-order chi connectivity index (χ0) is 15.0. The molecule has 1 heterocycles. The first kappa shape index (κ1) is 13.8. The van der Waals surface area contributed by atoms with E-state index in [0.29, 0.717) is 0 Å². The molecule has 0 radical (unpaired) electrons. The van der Waals surface area contributed by atoms with Crippen LogP contribution in [0.5, 0.6) is 0 Å². The third kappa shape index (κ3) is 2.69. The van der Waals surface area contributed by atoms with Crippen molar-refractivity contribution in [3.8, 4) is 5.69 Å². The molecular weight excluding hydrogens is 290 g/mol. The maximum Gasteiger partial charge on any atom is 0.285 e. The number of para-hydroxylation sites is 1. The second kappa shape index (κ2) is 5.00. The number of fused-ring (bicyclic) bond motifs is 1. The predicted octanol–water partition coefficient (Wildman–Crippen LogP) is 1.05. The van der Waals surface area contributed by atoms with Gasteiger partial charge in [-0.25, -0.2) is 17.8 Å². The summed E-state index contributed by atoms with van der Waals surface area (Å²) in [5.74, 6) is -0.662. The van der Waals surface area contributed by atoms with Crippen LogP contribution >= 0.6 is 0 Å². The van der Waals surface area contributed by atoms with E-state index in [9.17, 15) is 13.2 Å². The van der Waals surface area contributed by atoms with Crippen LogP contribution in [0, 0.1) is 0 Å². The van der Waals surface area contributed by atoms with Crippen molar-refractivity contribution in [2.45, 2.75) is 19.3 Å². The van der Waals surface area contributed by atoms with Crippen molar-refractivity contribution in [2.24, 2.45) is 0 Å². The molecule has 0 bridgehead atoms. The molecule has 21 heavy (non-hydrogen) atoms. The molecule has 0 fully saturated rings. The molecule has 0 saturated carbocycles. The fourth-order valence-corrected chi connectivity index (χ4v) is 3.05. The molecule has 0 unspecified atom stereocenters. The van der Waals surface area contributed by atoms with Gasteiger partial charge in [0.2, 0.25) is 10.0 Å². The molecule has 0 aliphatic heterocycles. The summed E-state index contributed by atoms with van der Waals surface area (Å²) < 4.78 is 26.2. The number of benzene rings is 1. The smallest absolute Gasteiger partial charge is 0.266 e. The summed E-state index contributed by atoms with van der Waals surface area (Å²) in [7, 11) is -3.59. The minimum Gasteiger partial charge on any atom is -0.266 e. The highest BCUT2D eigenvalue weighted by atomic mass is 32.2. The molecule has 1 aliphatic rings. The average molecular weight is 305 g/mol. The van der Waals surface area contributed by atoms with Crippen LogP contribution in [0.2, 0.25) is 0 Å². The third-order valence-electron chi connectivity index (χ3n) is 3.42. The first-order valence-electron chi connectivity index (χ1n) is 6.64. The molecule has 0 spiro atoms. The molecule has 0 atom stereocenters. The van der Waals surface area contributed by atoms with Gasteiger partial charge in [0.25, 0.3) is 5.91 Å². The van der Waals surface area contributed by atoms with Crippen LogP contribution in [0.25, 0.3) is 5.69 Å². The van der Waals surface area contributed by atoms with Gasteiger partial charge in [-0.3, -0.25) is 4.79 Å². The Hall–Kier alpha value is -2.15. The van der Waals surface area contributed by atoms with Gasteiger partial charge in [0, 0.05) is 11.3 Å². The van der Waals surface area contributed by atoms with Crippen molar-refractivity contribution < 1.29 is 13.2 Å². The van der Waals surface area contributed by atoms with Crippen LogP contribution in [0.3, 0.4) is 0 Å². The largest absolute Gasteiger partial charge is 0.285 e. The Morgan fingerprint density at radius 1 is 1.24 bits per heavy atom. The Kier molecular flexibility index (Phi) is 3.29. The minimum absolute atomic E-state index is 0.205. The average Bonchev–Trinajstić information content (AvgIpc) is 2.98. The monoisotopic (exact) mass is 305 g/mol. The molecule has 110 valence electrons. The van der Waals surface area contributed by atoms with E-state index in [-0.39, 0.29) is 5.69 Å². The maximum atomic E-state index is 12.1. The van der Waals surface area contributed by atoms with Gasteiger partial charge < -0.3 is 0 Å². The van der Waals surface area contributed by atoms with E-state index in [1.54, 1.807) is 4.68 Å². The van der Waals surface area contributed by atoms with Gasteiger partial charge in [-0.2, -0.15) is 5.10 Å². The fraction of sp³-hybridized carbons (Fsp3) is 0.286. The normalized spacial score (nSPS) is 14.0. The Balaban J connectivity index is 2.06. The highest BCUT2D eigenvalue weighted by Crippen LogP contribution is 2.27. The van der Waals surface area contributed by atoms with Crippen molar-refractivity contribution in [1.29, 1.82) is 0 Å². The number of rotatable bonds is 3. The number of amides is 1. The van der Waals surface area contributed by atoms with E-state index in [0.717, 1.165) is 42.5 Å². The Morgan fingerprint density at radius 3 is 2.62 bits per heavy atom. The number of carbonyl (C=O) groups is 1. The predicted molar refractivity (Wildman–Crippen MR) is 77.9 cm³/mol. The van der Waals surface area contributed by atoms with Gasteiger partial charge in [0.05, 0.1) is 11.9 Å². The van der Waals surface area contributed by atoms with Gasteiger partial charge in [-0.15, -0.1) is 0 Å². The van der Waals surface area contributed by atoms with Gasteiger partial charge in [-0.1, -0.05) is 18.2 Å². The van der Waals surface area contributed by atoms with Gasteiger partial charge in [0.15, 0.2) is 5.69 Å². The highest BCUT2D eigenvalue weighted by molar-refractivity contribution is 7.89. The van der Waals surface area contributed by atoms with Crippen LogP contribution in [-0.4, -0.2) is 30.4 Å². The van der Waals surface area contributed by atoms with Crippen LogP contribution in [0.4, 0.5) is 0 Å². The van der Waals surface area contributed by atoms with Gasteiger partial charge >= 0.3 is 0 Å². The SMILES string of the molecule is CS(=O)(=O)NC(=O)c1nn(-c2ccccc2)c2c1CCC2. The molecule has 6 nitrogen and oxygen atoms in total. The summed E-state index contributed by atoms with van der Waals surface area (Å²) in [4.78, 5) is 12.1. The van der Waals surface area contributed by atoms with Crippen molar-refractivity contribution in [2.75, 3.05) is 6.26 Å². The number of sulfonamides is 1. The Bertz CT molecular complexity index is 794. The summed E-state index contributed by atoms with van der Waals surface area (Å²) in [5, 5.41) is 4.33. The summed E-state index contributed by atoms with van der Waals surface area (Å²) in [6, 6.07) is 9.52. The van der Waals surface area contributed by atoms with E-state index in [1.807, 2.05) is 35.1 Å². The molecule has 1 aromatic carbocycles. The molecule has 1 N–H and O–H groups in total. The van der Waals surface area contributed by atoms with Gasteiger partial charge in [0.1, 0.15) is 0 Å². The Labute approximate surface area is 122 Å². The van der Waals surface area contributed by atoms with Crippen LogP contribution in [-0.2, 0) is 22.9 Å². The quantitative estimate of drug-likeness (QED) is 0.919. The lowest BCUT2D eigenvalue weighted by molar-refractivity contribution is 0.0975. The molecule has 3 rings (SSSR count). The molecule has 1 aliphatic carbocycles. The summed E-state index contributed by atoms with van der Waals surface area (Å²) in [5.41, 5.74) is 2.91. The lowest BCUT2D eigenvalue weighted by atomic mass is 10.2. The van der Waals surface area contributed by atoms with Crippen LogP contribution < -0.4 is 4.72 Å². The summed E-state index contributed by atoms with van der Waals surface area (Å²) in [6.45, 7) is 0. The molecule has 2 aromatic rings. The fourth-order valence-electron chi connectivity index (χ4n) is 2.62. The number of hydrogen-bond donors (Lipinski definition) is 1. The van der Waals surface area contributed by atoms with Gasteiger partial charge in [-0.05, 0) is 31.4 Å². The standard InChI is InChI=1S/C14H15N3O3S/c1-21(19,20)16-14(18)13-11-8-5-9-12(11)17(15-13)10-6-3-2-4-7-10/h2-4,6-7H,5,8-9H2,1H3,(H,16,18). The number of nitrogens with zero attached hydrogens (tertiary/aromatic N) is 2. The number of nitrogens with one attached hydrogen (secondary N) is 1. The minimum atomic E-state index is -3.59. The van der Waals surface area contributed by atoms with Crippen molar-refractivity contribution in [1.82, 2.24) is 14.5 Å². The van der Waals surface area contributed by atoms with E-state index < -0.39 is 15.9 Å². The number of hydrogen-bond acceptors (Lipinski definition) is 4. The lowest BCUT2D eigenvalue weighted by Crippen LogP contribution is -2.30. The van der Waals surface area contributed by atoms with E-state index in [2.05, 4.69) is 5.10 Å². The van der Waals surface area contributed by atoms with Crippen LogP contribution in [0.15, 0.2) is 30.3 Å². The van der Waals surface area contributed by atoms with E-state index >= 15 is 0 Å². The molecule has 7 heteroatoms. The second-order valence-electron chi connectivity index (χ2n) is 5.08. The van der Waals surface area contributed by atoms with E-state index in [1.165, 1.54) is 0 Å². The first-order chi connectivity index (χ1) is 9.96. The Morgan fingerprint density at radius 2 is 1.95 bits per heavy atom. The first-order valence-corrected chi connectivity index (χ1v) is 8.53. The molecule has 1 amide bonds. The topological polar surface area (TPSA) is 81.1 Å². The number of aromatic nitrogens is 2. The summed E-state index contributed by atoms with van der Waals surface area (Å²) in [6.07, 6.45) is 3.48. The third-order valence-corrected chi connectivity index (χ3v) is 3.98.